The van der Waals surface area contributed by atoms with Crippen LogP contribution in [0.5, 0.6) is 0 Å². The first-order valence-electron chi connectivity index (χ1n) is 5.66. The van der Waals surface area contributed by atoms with Gasteiger partial charge in [-0.1, -0.05) is 6.92 Å². The molecule has 1 unspecified atom stereocenters. The Hall–Kier alpha value is -0.0800. The summed E-state index contributed by atoms with van der Waals surface area (Å²) < 4.78 is 0. The number of piperidine rings is 1. The molecule has 1 atom stereocenters. The van der Waals surface area contributed by atoms with E-state index in [2.05, 4.69) is 24.2 Å². The van der Waals surface area contributed by atoms with Crippen molar-refractivity contribution in [2.24, 2.45) is 11.3 Å². The van der Waals surface area contributed by atoms with E-state index in [-0.39, 0.29) is 0 Å². The fourth-order valence-corrected chi connectivity index (χ4v) is 2.73. The molecule has 1 saturated carbocycles. The van der Waals surface area contributed by atoms with Gasteiger partial charge in [-0.2, -0.15) is 0 Å². The van der Waals surface area contributed by atoms with Crippen LogP contribution in [0.15, 0.2) is 0 Å². The number of nitrogens with zero attached hydrogens (tertiary/aromatic N) is 1. The third-order valence-corrected chi connectivity index (χ3v) is 4.03. The van der Waals surface area contributed by atoms with Crippen molar-refractivity contribution in [3.63, 3.8) is 0 Å². The fraction of sp³-hybridized carbons (Fsp3) is 1.00. The average Bonchev–Trinajstić information content (AvgIpc) is 2.79. The number of hydrogen-bond acceptors (Lipinski definition) is 2. The highest BCUT2D eigenvalue weighted by atomic mass is 15.1. The van der Waals surface area contributed by atoms with Gasteiger partial charge in [0.1, 0.15) is 0 Å². The molecule has 2 fully saturated rings. The highest BCUT2D eigenvalue weighted by Crippen LogP contribution is 2.58. The highest BCUT2D eigenvalue weighted by molar-refractivity contribution is 5.05. The standard InChI is InChI=1S/C11H22N2/c1-3-13(2)9-10-8-11(10)4-6-12-7-5-11/h10,12H,3-9H2,1-2H3. The largest absolute Gasteiger partial charge is 0.317 e. The molecule has 2 aliphatic rings. The molecule has 1 spiro atoms. The number of rotatable bonds is 3. The van der Waals surface area contributed by atoms with Crippen molar-refractivity contribution >= 4 is 0 Å². The molecule has 1 N–H and O–H groups in total. The Morgan fingerprint density at radius 3 is 2.69 bits per heavy atom. The van der Waals surface area contributed by atoms with E-state index in [1.165, 1.54) is 45.4 Å². The van der Waals surface area contributed by atoms with Gasteiger partial charge in [-0.05, 0) is 57.3 Å². The van der Waals surface area contributed by atoms with E-state index < -0.39 is 0 Å². The second-order valence-corrected chi connectivity index (χ2v) is 4.87. The van der Waals surface area contributed by atoms with Crippen LogP contribution in [0.2, 0.25) is 0 Å². The zero-order valence-corrected chi connectivity index (χ0v) is 8.97. The summed E-state index contributed by atoms with van der Waals surface area (Å²) in [6.45, 7) is 7.29. The summed E-state index contributed by atoms with van der Waals surface area (Å²) in [7, 11) is 2.24. The van der Waals surface area contributed by atoms with Crippen molar-refractivity contribution in [1.29, 1.82) is 0 Å². The second kappa shape index (κ2) is 3.58. The lowest BCUT2D eigenvalue weighted by atomic mass is 9.92. The summed E-state index contributed by atoms with van der Waals surface area (Å²) in [6.07, 6.45) is 4.35. The van der Waals surface area contributed by atoms with Crippen LogP contribution >= 0.6 is 0 Å². The Balaban J connectivity index is 1.79. The predicted molar refractivity (Wildman–Crippen MR) is 55.8 cm³/mol. The molecule has 0 aromatic rings. The van der Waals surface area contributed by atoms with E-state index in [1.807, 2.05) is 0 Å². The number of hydrogen-bond donors (Lipinski definition) is 1. The molecule has 0 radical (unpaired) electrons. The molecular formula is C11H22N2. The van der Waals surface area contributed by atoms with Crippen LogP contribution in [-0.4, -0.2) is 38.1 Å². The molecule has 1 saturated heterocycles. The Bertz CT molecular complexity index is 173. The van der Waals surface area contributed by atoms with Crippen molar-refractivity contribution in [2.75, 3.05) is 33.2 Å². The van der Waals surface area contributed by atoms with Gasteiger partial charge in [-0.25, -0.2) is 0 Å². The Kier molecular flexibility index (Phi) is 2.61. The third-order valence-electron chi connectivity index (χ3n) is 4.03. The smallest absolute Gasteiger partial charge is 0.00120 e. The van der Waals surface area contributed by atoms with Gasteiger partial charge in [0.2, 0.25) is 0 Å². The van der Waals surface area contributed by atoms with E-state index in [4.69, 9.17) is 0 Å². The van der Waals surface area contributed by atoms with E-state index in [0.717, 1.165) is 11.3 Å². The van der Waals surface area contributed by atoms with Gasteiger partial charge >= 0.3 is 0 Å². The normalized spacial score (nSPS) is 31.2. The molecule has 76 valence electrons. The van der Waals surface area contributed by atoms with Crippen LogP contribution in [0, 0.1) is 11.3 Å². The summed E-state index contributed by atoms with van der Waals surface area (Å²) in [5.41, 5.74) is 0.772. The minimum absolute atomic E-state index is 0.772. The summed E-state index contributed by atoms with van der Waals surface area (Å²) >= 11 is 0. The van der Waals surface area contributed by atoms with Crippen molar-refractivity contribution in [2.45, 2.75) is 26.2 Å². The molecule has 2 nitrogen and oxygen atoms in total. The minimum atomic E-state index is 0.772. The van der Waals surface area contributed by atoms with Gasteiger partial charge in [-0.3, -0.25) is 0 Å². The lowest BCUT2D eigenvalue weighted by Crippen LogP contribution is -2.31. The Morgan fingerprint density at radius 2 is 2.08 bits per heavy atom. The summed E-state index contributed by atoms with van der Waals surface area (Å²) in [5.74, 6) is 1.01. The van der Waals surface area contributed by atoms with Crippen LogP contribution in [0.3, 0.4) is 0 Å². The monoisotopic (exact) mass is 182 g/mol. The maximum Gasteiger partial charge on any atom is 0.00120 e. The molecule has 0 bridgehead atoms. The average molecular weight is 182 g/mol. The first-order valence-corrected chi connectivity index (χ1v) is 5.66. The summed E-state index contributed by atoms with van der Waals surface area (Å²) in [5, 5.41) is 3.45. The van der Waals surface area contributed by atoms with Gasteiger partial charge < -0.3 is 10.2 Å². The van der Waals surface area contributed by atoms with Crippen LogP contribution in [0.4, 0.5) is 0 Å². The van der Waals surface area contributed by atoms with E-state index in [1.54, 1.807) is 0 Å². The van der Waals surface area contributed by atoms with Crippen molar-refractivity contribution < 1.29 is 0 Å². The van der Waals surface area contributed by atoms with Gasteiger partial charge in [0.25, 0.3) is 0 Å². The minimum Gasteiger partial charge on any atom is -0.317 e. The summed E-state index contributed by atoms with van der Waals surface area (Å²) in [6, 6.07) is 0. The molecule has 1 heterocycles. The highest BCUT2D eigenvalue weighted by Gasteiger charge is 2.53. The van der Waals surface area contributed by atoms with Crippen LogP contribution in [-0.2, 0) is 0 Å². The van der Waals surface area contributed by atoms with Crippen molar-refractivity contribution in [3.8, 4) is 0 Å². The molecule has 2 heteroatoms. The Morgan fingerprint density at radius 1 is 1.38 bits per heavy atom. The number of nitrogens with one attached hydrogen (secondary N) is 1. The zero-order chi connectivity index (χ0) is 9.31. The molecule has 0 aromatic heterocycles. The summed E-state index contributed by atoms with van der Waals surface area (Å²) in [4.78, 5) is 2.46. The van der Waals surface area contributed by atoms with Crippen molar-refractivity contribution in [3.05, 3.63) is 0 Å². The molecule has 2 rings (SSSR count). The van der Waals surface area contributed by atoms with Crippen LogP contribution < -0.4 is 5.32 Å². The zero-order valence-electron chi connectivity index (χ0n) is 8.97. The topological polar surface area (TPSA) is 15.3 Å². The first kappa shape index (κ1) is 9.47. The molecular weight excluding hydrogens is 160 g/mol. The predicted octanol–water partition coefficient (Wildman–Crippen LogP) is 1.33. The lowest BCUT2D eigenvalue weighted by Gasteiger charge is -2.25. The second-order valence-electron chi connectivity index (χ2n) is 4.87. The fourth-order valence-electron chi connectivity index (χ4n) is 2.73. The maximum atomic E-state index is 3.45. The Labute approximate surface area is 81.7 Å². The van der Waals surface area contributed by atoms with Gasteiger partial charge in [-0.15, -0.1) is 0 Å². The quantitative estimate of drug-likeness (QED) is 0.708. The van der Waals surface area contributed by atoms with E-state index in [0.29, 0.717) is 0 Å². The van der Waals surface area contributed by atoms with Crippen LogP contribution in [0.25, 0.3) is 0 Å². The maximum absolute atomic E-state index is 3.45. The first-order chi connectivity index (χ1) is 6.27. The SMILES string of the molecule is CCN(C)CC1CC12CCNCC2. The molecule has 1 aliphatic heterocycles. The molecule has 13 heavy (non-hydrogen) atoms. The molecule has 0 aromatic carbocycles. The van der Waals surface area contributed by atoms with Crippen LogP contribution in [0.1, 0.15) is 26.2 Å². The molecule has 1 aliphatic carbocycles. The van der Waals surface area contributed by atoms with Gasteiger partial charge in [0, 0.05) is 6.54 Å². The van der Waals surface area contributed by atoms with Gasteiger partial charge in [0.05, 0.1) is 0 Å². The molecule has 0 amide bonds. The lowest BCUT2D eigenvalue weighted by molar-refractivity contribution is 0.269. The van der Waals surface area contributed by atoms with E-state index >= 15 is 0 Å². The van der Waals surface area contributed by atoms with E-state index in [9.17, 15) is 0 Å². The van der Waals surface area contributed by atoms with Crippen molar-refractivity contribution in [1.82, 2.24) is 10.2 Å². The van der Waals surface area contributed by atoms with Gasteiger partial charge in [0.15, 0.2) is 0 Å². The third kappa shape index (κ3) is 1.89.